The van der Waals surface area contributed by atoms with Gasteiger partial charge >= 0.3 is 13.8 Å². The van der Waals surface area contributed by atoms with Crippen molar-refractivity contribution in [3.8, 4) is 0 Å². The van der Waals surface area contributed by atoms with E-state index in [1.165, 1.54) is 67.7 Å². The van der Waals surface area contributed by atoms with Gasteiger partial charge in [-0.1, -0.05) is 84.9 Å². The predicted octanol–water partition coefficient (Wildman–Crippen LogP) is 3.80. The van der Waals surface area contributed by atoms with Crippen LogP contribution in [0.15, 0.2) is 97.1 Å². The molecule has 2 aliphatic heterocycles. The summed E-state index contributed by atoms with van der Waals surface area (Å²) >= 11 is 1.86. The van der Waals surface area contributed by atoms with Crippen LogP contribution in [0.2, 0.25) is 0 Å². The van der Waals surface area contributed by atoms with Crippen LogP contribution in [0.25, 0.3) is 20.2 Å². The highest BCUT2D eigenvalue weighted by Gasteiger charge is 2.27. The number of rotatable bonds is 10. The third kappa shape index (κ3) is 6.01. The van der Waals surface area contributed by atoms with E-state index in [2.05, 4.69) is 108 Å². The van der Waals surface area contributed by atoms with Gasteiger partial charge in [0.1, 0.15) is 0 Å². The van der Waals surface area contributed by atoms with E-state index in [1.807, 2.05) is 11.3 Å². The maximum atomic E-state index is 6.65. The zero-order valence-corrected chi connectivity index (χ0v) is 24.2. The second kappa shape index (κ2) is 12.5. The zero-order chi connectivity index (χ0) is 27.4. The van der Waals surface area contributed by atoms with Crippen molar-refractivity contribution < 1.29 is 9.31 Å². The lowest BCUT2D eigenvalue weighted by molar-refractivity contribution is 0.288. The van der Waals surface area contributed by atoms with E-state index in [0.717, 1.165) is 26.3 Å². The summed E-state index contributed by atoms with van der Waals surface area (Å²) in [5.41, 5.74) is 4.80. The minimum Gasteiger partial charge on any atom is -0.425 e. The minimum absolute atomic E-state index is 0.0968. The summed E-state index contributed by atoms with van der Waals surface area (Å²) in [5, 5.41) is 9.75. The van der Waals surface area contributed by atoms with Crippen LogP contribution >= 0.6 is 11.3 Å². The molecule has 0 spiro atoms. The van der Waals surface area contributed by atoms with Gasteiger partial charge in [0.05, 0.1) is 0 Å². The monoisotopic (exact) mass is 558 g/mol. The predicted molar refractivity (Wildman–Crippen MR) is 176 cm³/mol. The van der Waals surface area contributed by atoms with Crippen molar-refractivity contribution in [2.75, 3.05) is 26.3 Å². The molecule has 0 amide bonds. The second-order valence-corrected chi connectivity index (χ2v) is 12.5. The number of benzene rings is 4. The van der Waals surface area contributed by atoms with E-state index < -0.39 is 0 Å². The van der Waals surface area contributed by atoms with Crippen LogP contribution in [0, 0.1) is 0 Å². The Hall–Kier alpha value is -2.93. The molecular weight excluding hydrogens is 522 g/mol. The Morgan fingerprint density at radius 3 is 1.46 bits per heavy atom. The molecule has 3 heterocycles. The molecule has 2 saturated heterocycles. The molecular formula is C34H36B2N2O2S. The fourth-order valence-electron chi connectivity index (χ4n) is 6.39. The number of thiophene rings is 1. The highest BCUT2D eigenvalue weighted by atomic mass is 32.1. The van der Waals surface area contributed by atoms with Gasteiger partial charge in [0, 0.05) is 34.7 Å². The minimum atomic E-state index is -0.0968. The summed E-state index contributed by atoms with van der Waals surface area (Å²) in [6, 6.07) is 35.9. The topological polar surface area (TPSA) is 42.5 Å². The summed E-state index contributed by atoms with van der Waals surface area (Å²) in [6.45, 7) is 3.42. The Labute approximate surface area is 247 Å². The molecule has 2 atom stereocenters. The third-order valence-corrected chi connectivity index (χ3v) is 9.73. The van der Waals surface area contributed by atoms with E-state index in [1.54, 1.807) is 0 Å². The molecule has 2 unspecified atom stereocenters. The Kier molecular flexibility index (Phi) is 8.22. The van der Waals surface area contributed by atoms with E-state index in [-0.39, 0.29) is 13.8 Å². The summed E-state index contributed by atoms with van der Waals surface area (Å²) in [5.74, 6) is 0. The van der Waals surface area contributed by atoms with Gasteiger partial charge in [-0.25, -0.2) is 0 Å². The Bertz CT molecular complexity index is 1470. The van der Waals surface area contributed by atoms with E-state index in [4.69, 9.17) is 9.31 Å². The van der Waals surface area contributed by atoms with Crippen LogP contribution in [-0.2, 0) is 9.31 Å². The van der Waals surface area contributed by atoms with Crippen molar-refractivity contribution >= 4 is 67.2 Å². The molecule has 4 aromatic carbocycles. The average molecular weight is 558 g/mol. The molecule has 0 bridgehead atoms. The van der Waals surface area contributed by atoms with Crippen LogP contribution in [0.4, 0.5) is 0 Å². The molecule has 0 saturated carbocycles. The summed E-state index contributed by atoms with van der Waals surface area (Å²) in [7, 11) is 0. The van der Waals surface area contributed by atoms with Crippen molar-refractivity contribution in [1.29, 1.82) is 0 Å². The summed E-state index contributed by atoms with van der Waals surface area (Å²) in [4.78, 5) is 0. The van der Waals surface area contributed by atoms with E-state index >= 15 is 0 Å². The van der Waals surface area contributed by atoms with Crippen LogP contribution in [0.1, 0.15) is 25.7 Å². The molecule has 0 radical (unpaired) electrons. The van der Waals surface area contributed by atoms with Crippen LogP contribution in [0.5, 0.6) is 0 Å². The summed E-state index contributed by atoms with van der Waals surface area (Å²) < 4.78 is 15.9. The maximum Gasteiger partial charge on any atom is 0.361 e. The van der Waals surface area contributed by atoms with Crippen molar-refractivity contribution in [2.24, 2.45) is 0 Å². The first-order chi connectivity index (χ1) is 20.3. The molecule has 2 fully saturated rings. The standard InChI is InChI=1S/C34H36B2N2O2S/c1-3-9-25(10-4-1)35(39-23-29-13-7-19-37-29)27-15-17-33-31(21-27)32-22-28(16-18-34(32)41-33)36(26-11-5-2-6-12-26)40-24-30-14-8-20-38-30/h1-6,9-12,15-18,21-22,29-30,37-38H,7-8,13-14,19-20,23-24H2. The van der Waals surface area contributed by atoms with Gasteiger partial charge in [0.2, 0.25) is 0 Å². The van der Waals surface area contributed by atoms with E-state index in [0.29, 0.717) is 12.1 Å². The van der Waals surface area contributed by atoms with Gasteiger partial charge in [-0.3, -0.25) is 0 Å². The molecule has 2 aliphatic rings. The Balaban J connectivity index is 1.24. The zero-order valence-electron chi connectivity index (χ0n) is 23.4. The van der Waals surface area contributed by atoms with Crippen molar-refractivity contribution in [2.45, 2.75) is 37.8 Å². The SMILES string of the molecule is c1ccc(B(OCC2CCCN2)c2ccc3sc4ccc(B(OCC5CCCN5)c5ccccc5)cc4c3c2)cc1. The normalized spacial score (nSPS) is 18.8. The Morgan fingerprint density at radius 2 is 1.05 bits per heavy atom. The van der Waals surface area contributed by atoms with Crippen LogP contribution in [-0.4, -0.2) is 52.2 Å². The molecule has 1 aromatic heterocycles. The van der Waals surface area contributed by atoms with Crippen LogP contribution in [0.3, 0.4) is 0 Å². The molecule has 0 aliphatic carbocycles. The number of hydrogen-bond donors (Lipinski definition) is 2. The number of nitrogens with one attached hydrogen (secondary N) is 2. The highest BCUT2D eigenvalue weighted by Crippen LogP contribution is 2.32. The molecule has 5 aromatic rings. The van der Waals surface area contributed by atoms with Crippen molar-refractivity contribution in [1.82, 2.24) is 10.6 Å². The largest absolute Gasteiger partial charge is 0.425 e. The van der Waals surface area contributed by atoms with Gasteiger partial charge < -0.3 is 19.9 Å². The molecule has 4 nitrogen and oxygen atoms in total. The molecule has 7 heteroatoms. The van der Waals surface area contributed by atoms with Gasteiger partial charge in [0.25, 0.3) is 0 Å². The first-order valence-electron chi connectivity index (χ1n) is 15.1. The van der Waals surface area contributed by atoms with Gasteiger partial charge in [0.15, 0.2) is 0 Å². The first-order valence-corrected chi connectivity index (χ1v) is 15.9. The summed E-state index contributed by atoms with van der Waals surface area (Å²) in [6.07, 6.45) is 4.81. The maximum absolute atomic E-state index is 6.65. The van der Waals surface area contributed by atoms with Crippen molar-refractivity contribution in [3.63, 3.8) is 0 Å². The van der Waals surface area contributed by atoms with E-state index in [9.17, 15) is 0 Å². The number of fused-ring (bicyclic) bond motifs is 3. The lowest BCUT2D eigenvalue weighted by Gasteiger charge is -2.19. The van der Waals surface area contributed by atoms with Crippen molar-refractivity contribution in [3.05, 3.63) is 97.1 Å². The lowest BCUT2D eigenvalue weighted by Crippen LogP contribution is -2.47. The molecule has 2 N–H and O–H groups in total. The Morgan fingerprint density at radius 1 is 0.585 bits per heavy atom. The number of hydrogen-bond acceptors (Lipinski definition) is 5. The molecule has 7 rings (SSSR count). The second-order valence-electron chi connectivity index (χ2n) is 11.4. The van der Waals surface area contributed by atoms with Gasteiger partial charge in [-0.05, 0) is 83.5 Å². The lowest BCUT2D eigenvalue weighted by atomic mass is 9.54. The third-order valence-electron chi connectivity index (χ3n) is 8.58. The fraction of sp³-hybridized carbons (Fsp3) is 0.294. The quantitative estimate of drug-likeness (QED) is 0.256. The average Bonchev–Trinajstić information content (AvgIpc) is 3.80. The van der Waals surface area contributed by atoms with Gasteiger partial charge in [-0.2, -0.15) is 0 Å². The smallest absolute Gasteiger partial charge is 0.361 e. The van der Waals surface area contributed by atoms with Crippen LogP contribution < -0.4 is 32.5 Å². The first kappa shape index (κ1) is 26.9. The fourth-order valence-corrected chi connectivity index (χ4v) is 7.45. The van der Waals surface area contributed by atoms with Gasteiger partial charge in [-0.15, -0.1) is 11.3 Å². The molecule has 41 heavy (non-hydrogen) atoms. The molecule has 206 valence electrons. The highest BCUT2D eigenvalue weighted by molar-refractivity contribution is 7.25.